The van der Waals surface area contributed by atoms with Crippen LogP contribution in [0.4, 0.5) is 0 Å². The summed E-state index contributed by atoms with van der Waals surface area (Å²) in [5, 5.41) is 51.6. The zero-order valence-electron chi connectivity index (χ0n) is 37.3. The molecule has 0 aliphatic rings. The normalized spacial score (nSPS) is 18.9. The molecule has 53 heavy (non-hydrogen) atoms. The third-order valence-corrected chi connectivity index (χ3v) is 27.8. The Morgan fingerprint density at radius 3 is 1.58 bits per heavy atom. The Hall–Kier alpha value is 0.0175. The highest BCUT2D eigenvalue weighted by Gasteiger charge is 2.66. The molecule has 0 saturated heterocycles. The molecular weight excluding hydrogens is 739 g/mol. The van der Waals surface area contributed by atoms with Crippen molar-refractivity contribution >= 4 is 39.7 Å². The van der Waals surface area contributed by atoms with Gasteiger partial charge in [-0.25, -0.2) is 0 Å². The van der Waals surface area contributed by atoms with E-state index in [-0.39, 0.29) is 22.7 Å². The van der Waals surface area contributed by atoms with Crippen molar-refractivity contribution in [2.24, 2.45) is 5.92 Å². The maximum Gasteiger partial charge on any atom is 0.251 e. The number of hydrogen-bond donors (Lipinski definition) is 6. The molecule has 0 rings (SSSR count). The van der Waals surface area contributed by atoms with Crippen LogP contribution in [-0.2, 0) is 18.1 Å². The zero-order valence-corrected chi connectivity index (χ0v) is 41.5. The predicted octanol–water partition coefficient (Wildman–Crippen LogP) is 7.03. The molecule has 0 spiro atoms. The van der Waals surface area contributed by atoms with E-state index in [0.717, 1.165) is 51.4 Å². The van der Waals surface area contributed by atoms with E-state index in [1.54, 1.807) is 0 Å². The van der Waals surface area contributed by atoms with Crippen LogP contribution in [0.15, 0.2) is 0 Å². The molecule has 0 radical (unpaired) electrons. The Kier molecular flexibility index (Phi) is 21.7. The molecular formula is C39H87NO9Si4. The Labute approximate surface area is 330 Å². The van der Waals surface area contributed by atoms with Crippen molar-refractivity contribution in [1.82, 2.24) is 5.32 Å². The van der Waals surface area contributed by atoms with Gasteiger partial charge in [-0.1, -0.05) is 88.4 Å². The fraction of sp³-hybridized carbons (Fsp3) is 0.974. The first kappa shape index (κ1) is 53.0. The van der Waals surface area contributed by atoms with E-state index >= 15 is 0 Å². The average Bonchev–Trinajstić information content (AvgIpc) is 3.11. The number of carbonyl (C=O) groups excluding carboxylic acids is 1. The molecule has 0 bridgehead atoms. The van der Waals surface area contributed by atoms with Crippen molar-refractivity contribution in [3.8, 4) is 0 Å². The first-order chi connectivity index (χ1) is 24.3. The van der Waals surface area contributed by atoms with Gasteiger partial charge < -0.3 is 44.1 Å². The lowest BCUT2D eigenvalue weighted by Gasteiger charge is -2.64. The van der Waals surface area contributed by atoms with Crippen LogP contribution < -0.4 is 5.32 Å². The fourth-order valence-electron chi connectivity index (χ4n) is 10.1. The van der Waals surface area contributed by atoms with Crippen LogP contribution in [0.25, 0.3) is 0 Å². The zero-order chi connectivity index (χ0) is 41.9. The molecule has 0 aromatic rings. The van der Waals surface area contributed by atoms with Gasteiger partial charge in [-0.05, 0) is 96.1 Å². The van der Waals surface area contributed by atoms with Crippen LogP contribution in [0.5, 0.6) is 0 Å². The van der Waals surface area contributed by atoms with Gasteiger partial charge in [0.25, 0.3) is 5.91 Å². The van der Waals surface area contributed by atoms with Crippen LogP contribution in [0.3, 0.4) is 0 Å². The van der Waals surface area contributed by atoms with E-state index < -0.39 is 81.5 Å². The predicted molar refractivity (Wildman–Crippen MR) is 231 cm³/mol. The van der Waals surface area contributed by atoms with E-state index in [4.69, 9.17) is 18.4 Å². The molecule has 0 aromatic heterocycles. The summed E-state index contributed by atoms with van der Waals surface area (Å²) in [6, 6.07) is 0.702. The topological polar surface area (TPSA) is 158 Å². The Balaban J connectivity index is 7.43. The van der Waals surface area contributed by atoms with E-state index in [0.29, 0.717) is 12.5 Å². The fourth-order valence-corrected chi connectivity index (χ4v) is 26.3. The van der Waals surface area contributed by atoms with Gasteiger partial charge in [-0.3, -0.25) is 4.79 Å². The number of aliphatic hydroxyl groups is 5. The van der Waals surface area contributed by atoms with E-state index in [2.05, 4.69) is 120 Å². The van der Waals surface area contributed by atoms with Crippen molar-refractivity contribution in [2.45, 2.75) is 224 Å². The monoisotopic (exact) mass is 826 g/mol. The molecule has 0 aromatic carbocycles. The van der Waals surface area contributed by atoms with E-state index in [1.807, 2.05) is 0 Å². The van der Waals surface area contributed by atoms with Gasteiger partial charge in [0.15, 0.2) is 23.5 Å². The molecule has 14 heteroatoms. The van der Waals surface area contributed by atoms with Gasteiger partial charge in [0, 0.05) is 16.8 Å². The van der Waals surface area contributed by atoms with Gasteiger partial charge in [-0.15, -0.1) is 0 Å². The molecule has 0 aliphatic heterocycles. The second-order valence-electron chi connectivity index (χ2n) is 17.7. The number of hydrogen-bond acceptors (Lipinski definition) is 9. The number of amides is 1. The summed E-state index contributed by atoms with van der Waals surface area (Å²) in [4.78, 5) is 12.9. The minimum absolute atomic E-state index is 0.139. The molecule has 1 amide bonds. The van der Waals surface area contributed by atoms with E-state index in [9.17, 15) is 25.2 Å². The van der Waals surface area contributed by atoms with Crippen molar-refractivity contribution in [3.05, 3.63) is 0 Å². The minimum Gasteiger partial charge on any atom is -0.415 e. The van der Waals surface area contributed by atoms with Gasteiger partial charge in [0.05, 0.1) is 25.5 Å². The largest absolute Gasteiger partial charge is 0.415 e. The summed E-state index contributed by atoms with van der Waals surface area (Å²) < 4.78 is 23.3. The second kappa shape index (κ2) is 21.7. The molecule has 7 atom stereocenters. The highest BCUT2D eigenvalue weighted by atomic mass is 28.4. The molecule has 6 N–H and O–H groups in total. The Morgan fingerprint density at radius 2 is 1.23 bits per heavy atom. The molecule has 7 unspecified atom stereocenters. The summed E-state index contributed by atoms with van der Waals surface area (Å²) in [6.45, 7) is 39.2. The van der Waals surface area contributed by atoms with Crippen molar-refractivity contribution < 1.29 is 43.6 Å². The van der Waals surface area contributed by atoms with Gasteiger partial charge >= 0.3 is 0 Å². The summed E-state index contributed by atoms with van der Waals surface area (Å²) in [6.07, 6.45) is 0.386. The maximum atomic E-state index is 12.9. The summed E-state index contributed by atoms with van der Waals surface area (Å²) in [5.41, 5.74) is -0.501. The third kappa shape index (κ3) is 11.2. The number of nitrogens with one attached hydrogen (secondary N) is 1. The standard InChI is InChI=1S/C39H87NO9Si4/c1-18-30(9)39(25-8,36(19-2,20-3)52(15,16)48-38(23-6,24-7)51(12,13)14)49-53(17,37(21-4,22-5)47-50(10)11)28-26-27-40-35(46)34(45)33(44)32(43)31(42)29-41/h30-34,41-45,50H,18-29H2,1-17H3,(H,40,46). The molecule has 0 aliphatic carbocycles. The molecule has 0 heterocycles. The SMILES string of the molecule is CCC(C)C(CC)(O[Si](C)(CCCNC(=O)C(O)C(O)C(O)C(O)CO)C(CC)(CC)O[SiH](C)C)C(CC)(CC)[Si](C)(C)OC(CC)(CC)[Si](C)(C)C. The smallest absolute Gasteiger partial charge is 0.251 e. The second-order valence-corrected chi connectivity index (χ2v) is 33.7. The lowest BCUT2D eigenvalue weighted by atomic mass is 9.71. The van der Waals surface area contributed by atoms with Crippen molar-refractivity contribution in [2.75, 3.05) is 13.2 Å². The Morgan fingerprint density at radius 1 is 0.736 bits per heavy atom. The number of rotatable bonds is 28. The molecule has 0 fully saturated rings. The van der Waals surface area contributed by atoms with Crippen LogP contribution in [0.1, 0.15) is 120 Å². The summed E-state index contributed by atoms with van der Waals surface area (Å²) >= 11 is 0. The lowest BCUT2D eigenvalue weighted by molar-refractivity contribution is -0.148. The third-order valence-electron chi connectivity index (χ3n) is 13.7. The summed E-state index contributed by atoms with van der Waals surface area (Å²) in [7, 11) is -8.77. The first-order valence-electron chi connectivity index (χ1n) is 21.0. The molecule has 0 saturated carbocycles. The lowest BCUT2D eigenvalue weighted by Crippen LogP contribution is -2.71. The van der Waals surface area contributed by atoms with Crippen LogP contribution in [0.2, 0.25) is 63.5 Å². The van der Waals surface area contributed by atoms with Crippen molar-refractivity contribution in [1.29, 1.82) is 0 Å². The molecule has 318 valence electrons. The first-order valence-corrected chi connectivity index (χ1v) is 32.8. The number of carbonyl (C=O) groups is 1. The summed E-state index contributed by atoms with van der Waals surface area (Å²) in [5.74, 6) is -0.617. The van der Waals surface area contributed by atoms with Gasteiger partial charge in [0.1, 0.15) is 18.3 Å². The number of aliphatic hydroxyl groups excluding tert-OH is 5. The van der Waals surface area contributed by atoms with Gasteiger partial charge in [0.2, 0.25) is 8.32 Å². The highest BCUT2D eigenvalue weighted by Crippen LogP contribution is 2.63. The minimum atomic E-state index is -2.90. The molecule has 10 nitrogen and oxygen atoms in total. The van der Waals surface area contributed by atoms with Crippen LogP contribution >= 0.6 is 0 Å². The quantitative estimate of drug-likeness (QED) is 0.0360. The van der Waals surface area contributed by atoms with Crippen LogP contribution in [-0.4, -0.2) is 119 Å². The Bertz CT molecular complexity index is 1070. The maximum absolute atomic E-state index is 12.9. The van der Waals surface area contributed by atoms with Crippen LogP contribution in [0, 0.1) is 5.92 Å². The van der Waals surface area contributed by atoms with Crippen molar-refractivity contribution in [3.63, 3.8) is 0 Å². The highest BCUT2D eigenvalue weighted by molar-refractivity contribution is 6.82. The van der Waals surface area contributed by atoms with E-state index in [1.165, 1.54) is 0 Å². The average molecular weight is 826 g/mol. The van der Waals surface area contributed by atoms with Gasteiger partial charge in [-0.2, -0.15) is 0 Å².